The van der Waals surface area contributed by atoms with Gasteiger partial charge in [0.25, 0.3) is 10.0 Å². The molecule has 0 spiro atoms. The highest BCUT2D eigenvalue weighted by molar-refractivity contribution is 7.89. The third-order valence-corrected chi connectivity index (χ3v) is 4.55. The summed E-state index contributed by atoms with van der Waals surface area (Å²) in [7, 11) is -3.55. The van der Waals surface area contributed by atoms with Crippen LogP contribution in [-0.2, 0) is 16.6 Å². The van der Waals surface area contributed by atoms with Gasteiger partial charge in [0.05, 0.1) is 18.4 Å². The number of pyridine rings is 1. The molecule has 0 aromatic carbocycles. The molecule has 0 fully saturated rings. The molecule has 0 radical (unpaired) electrons. The van der Waals surface area contributed by atoms with Gasteiger partial charge >= 0.3 is 0 Å². The highest BCUT2D eigenvalue weighted by Gasteiger charge is 2.25. The van der Waals surface area contributed by atoms with Crippen molar-refractivity contribution in [1.82, 2.24) is 19.3 Å². The van der Waals surface area contributed by atoms with Crippen LogP contribution >= 0.6 is 0 Å². The van der Waals surface area contributed by atoms with Crippen molar-refractivity contribution in [3.05, 3.63) is 42.1 Å². The predicted octanol–water partition coefficient (Wildman–Crippen LogP) is 1.32. The summed E-state index contributed by atoms with van der Waals surface area (Å²) in [4.78, 5) is 10.8. The second-order valence-electron chi connectivity index (χ2n) is 4.09. The number of aromatic nitrogens is 3. The molecule has 0 atom stereocenters. The fourth-order valence-corrected chi connectivity index (χ4v) is 3.09. The Labute approximate surface area is 112 Å². The molecule has 7 heteroatoms. The van der Waals surface area contributed by atoms with Crippen LogP contribution in [-0.4, -0.2) is 34.2 Å². The lowest BCUT2D eigenvalue weighted by Crippen LogP contribution is -2.31. The fraction of sp³-hybridized carbons (Fsp3) is 0.333. The number of aryl methyl sites for hydroxylation is 1. The number of imidazole rings is 1. The normalized spacial score (nSPS) is 11.9. The zero-order chi connectivity index (χ0) is 13.9. The molecular formula is C12H16N4O2S. The average Bonchev–Trinajstić information content (AvgIpc) is 2.84. The summed E-state index contributed by atoms with van der Waals surface area (Å²) in [6.07, 6.45) is 2.99. The van der Waals surface area contributed by atoms with Gasteiger partial charge in [-0.3, -0.25) is 4.98 Å². The van der Waals surface area contributed by atoms with E-state index in [1.165, 1.54) is 10.5 Å². The average molecular weight is 280 g/mol. The Morgan fingerprint density at radius 3 is 2.63 bits per heavy atom. The van der Waals surface area contributed by atoms with Crippen molar-refractivity contribution in [3.8, 4) is 0 Å². The zero-order valence-electron chi connectivity index (χ0n) is 10.9. The number of hydrogen-bond acceptors (Lipinski definition) is 4. The van der Waals surface area contributed by atoms with Crippen LogP contribution in [0.1, 0.15) is 18.4 Å². The van der Waals surface area contributed by atoms with E-state index in [1.54, 1.807) is 32.2 Å². The van der Waals surface area contributed by atoms with Gasteiger partial charge in [0, 0.05) is 12.7 Å². The Kier molecular flexibility index (Phi) is 3.96. The molecule has 0 bridgehead atoms. The van der Waals surface area contributed by atoms with E-state index in [1.807, 2.05) is 6.07 Å². The number of nitrogens with zero attached hydrogens (tertiary/aromatic N) is 3. The molecule has 0 unspecified atom stereocenters. The van der Waals surface area contributed by atoms with Crippen molar-refractivity contribution in [2.45, 2.75) is 25.4 Å². The van der Waals surface area contributed by atoms with Crippen molar-refractivity contribution in [1.29, 1.82) is 0 Å². The molecule has 1 N–H and O–H groups in total. The highest BCUT2D eigenvalue weighted by atomic mass is 32.2. The Bertz CT molecular complexity index is 637. The van der Waals surface area contributed by atoms with E-state index in [2.05, 4.69) is 15.0 Å². The van der Waals surface area contributed by atoms with Crippen LogP contribution in [0.25, 0.3) is 0 Å². The molecule has 2 rings (SSSR count). The second kappa shape index (κ2) is 5.50. The van der Waals surface area contributed by atoms with E-state index >= 15 is 0 Å². The molecule has 2 heterocycles. The molecule has 0 aliphatic heterocycles. The number of sulfonamides is 1. The minimum atomic E-state index is -3.55. The zero-order valence-corrected chi connectivity index (χ0v) is 11.7. The molecule has 0 aliphatic rings. The minimum absolute atomic E-state index is 0.114. The summed E-state index contributed by atoms with van der Waals surface area (Å²) in [5.41, 5.74) is 0.712. The maximum absolute atomic E-state index is 12.4. The van der Waals surface area contributed by atoms with Gasteiger partial charge in [0.1, 0.15) is 5.82 Å². The maximum Gasteiger partial charge on any atom is 0.260 e. The summed E-state index contributed by atoms with van der Waals surface area (Å²) < 4.78 is 26.2. The first kappa shape index (κ1) is 13.7. The van der Waals surface area contributed by atoms with Crippen LogP contribution in [0.2, 0.25) is 0 Å². The summed E-state index contributed by atoms with van der Waals surface area (Å²) in [5, 5.41) is 0.114. The number of hydrogen-bond donors (Lipinski definition) is 1. The molecule has 102 valence electrons. The summed E-state index contributed by atoms with van der Waals surface area (Å²) in [5.74, 6) is 0.576. The lowest BCUT2D eigenvalue weighted by Gasteiger charge is -2.18. The van der Waals surface area contributed by atoms with Gasteiger partial charge in [0.15, 0.2) is 5.03 Å². The van der Waals surface area contributed by atoms with Crippen LogP contribution in [0.15, 0.2) is 35.6 Å². The standard InChI is InChI=1S/C12H16N4O2S/c1-3-16(9-11-6-4-5-7-13-11)19(17,18)12-8-14-10(2)15-12/h4-8H,3,9H2,1-2H3,(H,14,15). The lowest BCUT2D eigenvalue weighted by molar-refractivity contribution is 0.417. The van der Waals surface area contributed by atoms with E-state index in [-0.39, 0.29) is 11.6 Å². The number of rotatable bonds is 5. The highest BCUT2D eigenvalue weighted by Crippen LogP contribution is 2.15. The van der Waals surface area contributed by atoms with Gasteiger partial charge in [-0.1, -0.05) is 13.0 Å². The monoisotopic (exact) mass is 280 g/mol. The van der Waals surface area contributed by atoms with E-state index < -0.39 is 10.0 Å². The first-order valence-electron chi connectivity index (χ1n) is 5.95. The third-order valence-electron chi connectivity index (χ3n) is 2.71. The molecule has 0 amide bonds. The Balaban J connectivity index is 2.27. The number of aromatic amines is 1. The Morgan fingerprint density at radius 2 is 2.11 bits per heavy atom. The molecule has 0 saturated heterocycles. The molecular weight excluding hydrogens is 264 g/mol. The van der Waals surface area contributed by atoms with Crippen LogP contribution in [0.5, 0.6) is 0 Å². The van der Waals surface area contributed by atoms with Gasteiger partial charge < -0.3 is 4.98 Å². The minimum Gasteiger partial charge on any atom is -0.332 e. The van der Waals surface area contributed by atoms with Crippen molar-refractivity contribution < 1.29 is 8.42 Å². The van der Waals surface area contributed by atoms with E-state index in [9.17, 15) is 8.42 Å². The Morgan fingerprint density at radius 1 is 1.32 bits per heavy atom. The van der Waals surface area contributed by atoms with Crippen LogP contribution < -0.4 is 0 Å². The van der Waals surface area contributed by atoms with Gasteiger partial charge in [0.2, 0.25) is 0 Å². The van der Waals surface area contributed by atoms with Crippen molar-refractivity contribution in [2.24, 2.45) is 0 Å². The molecule has 0 saturated carbocycles. The quantitative estimate of drug-likeness (QED) is 0.896. The smallest absolute Gasteiger partial charge is 0.260 e. The number of nitrogens with one attached hydrogen (secondary N) is 1. The van der Waals surface area contributed by atoms with E-state index in [0.717, 1.165) is 0 Å². The molecule has 6 nitrogen and oxygen atoms in total. The van der Waals surface area contributed by atoms with Crippen molar-refractivity contribution >= 4 is 10.0 Å². The summed E-state index contributed by atoms with van der Waals surface area (Å²) in [6.45, 7) is 4.13. The number of H-pyrrole nitrogens is 1. The first-order chi connectivity index (χ1) is 9.04. The first-order valence-corrected chi connectivity index (χ1v) is 7.39. The van der Waals surface area contributed by atoms with Gasteiger partial charge in [-0.2, -0.15) is 4.31 Å². The lowest BCUT2D eigenvalue weighted by atomic mass is 10.3. The molecule has 2 aromatic rings. The SMILES string of the molecule is CCN(Cc1ccccn1)S(=O)(=O)c1cnc(C)[nH]1. The molecule has 19 heavy (non-hydrogen) atoms. The summed E-state index contributed by atoms with van der Waals surface area (Å²) in [6, 6.07) is 5.44. The maximum atomic E-state index is 12.4. The predicted molar refractivity (Wildman–Crippen MR) is 70.8 cm³/mol. The van der Waals surface area contributed by atoms with Crippen LogP contribution in [0.3, 0.4) is 0 Å². The second-order valence-corrected chi connectivity index (χ2v) is 5.99. The Hall–Kier alpha value is -1.73. The van der Waals surface area contributed by atoms with Crippen LogP contribution in [0, 0.1) is 6.92 Å². The van der Waals surface area contributed by atoms with E-state index in [0.29, 0.717) is 18.1 Å². The molecule has 2 aromatic heterocycles. The van der Waals surface area contributed by atoms with Crippen LogP contribution in [0.4, 0.5) is 0 Å². The van der Waals surface area contributed by atoms with Gasteiger partial charge in [-0.25, -0.2) is 13.4 Å². The van der Waals surface area contributed by atoms with Crippen molar-refractivity contribution in [2.75, 3.05) is 6.54 Å². The largest absolute Gasteiger partial charge is 0.332 e. The molecule has 0 aliphatic carbocycles. The third kappa shape index (κ3) is 2.99. The van der Waals surface area contributed by atoms with Gasteiger partial charge in [-0.05, 0) is 19.1 Å². The van der Waals surface area contributed by atoms with Crippen molar-refractivity contribution in [3.63, 3.8) is 0 Å². The van der Waals surface area contributed by atoms with Gasteiger partial charge in [-0.15, -0.1) is 0 Å². The summed E-state index contributed by atoms with van der Waals surface area (Å²) >= 11 is 0. The van der Waals surface area contributed by atoms with E-state index in [4.69, 9.17) is 0 Å². The fourth-order valence-electron chi connectivity index (χ4n) is 1.71. The topological polar surface area (TPSA) is 79.0 Å².